The maximum absolute atomic E-state index is 6.39. The van der Waals surface area contributed by atoms with Gasteiger partial charge in [0.1, 0.15) is 0 Å². The van der Waals surface area contributed by atoms with Crippen molar-refractivity contribution in [2.45, 2.75) is 63.8 Å². The van der Waals surface area contributed by atoms with Gasteiger partial charge in [0.2, 0.25) is 0 Å². The van der Waals surface area contributed by atoms with Crippen LogP contribution < -0.4 is 5.32 Å². The Kier molecular flexibility index (Phi) is 4.18. The van der Waals surface area contributed by atoms with E-state index in [9.17, 15) is 0 Å². The van der Waals surface area contributed by atoms with E-state index in [1.165, 1.54) is 19.3 Å². The van der Waals surface area contributed by atoms with Crippen LogP contribution in [0.1, 0.15) is 39.5 Å². The van der Waals surface area contributed by atoms with Crippen LogP contribution in [0.5, 0.6) is 0 Å². The number of ether oxygens (including phenoxy) is 1. The molecular weight excluding hydrogens is 354 g/mol. The first kappa shape index (κ1) is 18.2. The van der Waals surface area contributed by atoms with Crippen LogP contribution in [0.25, 0.3) is 0 Å². The van der Waals surface area contributed by atoms with E-state index in [1.807, 2.05) is 0 Å². The summed E-state index contributed by atoms with van der Waals surface area (Å²) in [7, 11) is 0. The van der Waals surface area contributed by atoms with E-state index < -0.39 is 0 Å². The highest BCUT2D eigenvalue weighted by atomic mass is 16.5. The molecule has 29 heavy (non-hydrogen) atoms. The Morgan fingerprint density at radius 3 is 2.86 bits per heavy atom. The number of nitrogens with one attached hydrogen (secondary N) is 1. The zero-order chi connectivity index (χ0) is 19.6. The first-order valence-corrected chi connectivity index (χ1v) is 11.7. The lowest BCUT2D eigenvalue weighted by atomic mass is 9.73. The zero-order valence-corrected chi connectivity index (χ0v) is 17.6. The molecule has 1 heterocycles. The minimum absolute atomic E-state index is 0.243. The molecular formula is C27H33NO. The third-order valence-corrected chi connectivity index (χ3v) is 8.59. The minimum atomic E-state index is 0.243. The molecule has 0 aromatic rings. The second-order valence-electron chi connectivity index (χ2n) is 10.3. The first-order valence-electron chi connectivity index (χ1n) is 11.7. The van der Waals surface area contributed by atoms with Crippen molar-refractivity contribution in [2.24, 2.45) is 29.1 Å². The smallest absolute Gasteiger partial charge is 0.0834 e. The van der Waals surface area contributed by atoms with E-state index in [0.29, 0.717) is 29.8 Å². The topological polar surface area (TPSA) is 21.3 Å². The summed E-state index contributed by atoms with van der Waals surface area (Å²) in [6.45, 7) is 4.96. The SMILES string of the molecule is CC1(C)C2=CC=CC(NC3CC=CC4OC5C=CC=CC5C34)C2C2=CCCCC21. The van der Waals surface area contributed by atoms with E-state index in [0.717, 1.165) is 12.3 Å². The second kappa shape index (κ2) is 6.68. The molecule has 2 fully saturated rings. The standard InChI is InChI=1S/C27H33NO/c1-27(2)19-11-5-3-9-17(19)25-20(27)12-7-13-21(25)28-22-14-8-16-24-26(22)18-10-4-6-15-23(18)29-24/h4,6-10,12-13,15-16,18-19,21-26,28H,3,5,11,14H2,1-2H3. The molecule has 152 valence electrons. The maximum Gasteiger partial charge on any atom is 0.0834 e. The molecule has 2 heteroatoms. The fourth-order valence-corrected chi connectivity index (χ4v) is 7.26. The monoisotopic (exact) mass is 387 g/mol. The van der Waals surface area contributed by atoms with Crippen molar-refractivity contribution in [3.8, 4) is 0 Å². The van der Waals surface area contributed by atoms with Gasteiger partial charge in [-0.2, -0.15) is 0 Å². The third kappa shape index (κ3) is 2.68. The largest absolute Gasteiger partial charge is 0.366 e. The van der Waals surface area contributed by atoms with E-state index >= 15 is 0 Å². The van der Waals surface area contributed by atoms with Gasteiger partial charge in [0.15, 0.2) is 0 Å². The molecule has 0 bridgehead atoms. The predicted molar refractivity (Wildman–Crippen MR) is 118 cm³/mol. The van der Waals surface area contributed by atoms with Crippen LogP contribution in [-0.2, 0) is 4.74 Å². The molecule has 6 rings (SSSR count). The number of hydrogen-bond donors (Lipinski definition) is 1. The number of rotatable bonds is 2. The summed E-state index contributed by atoms with van der Waals surface area (Å²) in [5.74, 6) is 2.29. The highest BCUT2D eigenvalue weighted by Gasteiger charge is 2.52. The molecule has 5 aliphatic carbocycles. The van der Waals surface area contributed by atoms with Crippen LogP contribution >= 0.6 is 0 Å². The number of allylic oxidation sites excluding steroid dienone is 5. The molecule has 2 nitrogen and oxygen atoms in total. The van der Waals surface area contributed by atoms with Gasteiger partial charge in [-0.3, -0.25) is 0 Å². The van der Waals surface area contributed by atoms with E-state index in [1.54, 1.807) is 11.1 Å². The molecule has 1 N–H and O–H groups in total. The van der Waals surface area contributed by atoms with Crippen molar-refractivity contribution in [1.82, 2.24) is 5.32 Å². The highest BCUT2D eigenvalue weighted by molar-refractivity contribution is 5.46. The zero-order valence-electron chi connectivity index (χ0n) is 17.6. The van der Waals surface area contributed by atoms with Gasteiger partial charge in [0.05, 0.1) is 12.2 Å². The van der Waals surface area contributed by atoms with E-state index in [4.69, 9.17) is 4.74 Å². The average Bonchev–Trinajstić information content (AvgIpc) is 3.23. The molecule has 0 radical (unpaired) electrons. The van der Waals surface area contributed by atoms with Gasteiger partial charge in [0.25, 0.3) is 0 Å². The van der Waals surface area contributed by atoms with Crippen molar-refractivity contribution in [2.75, 3.05) is 0 Å². The van der Waals surface area contributed by atoms with Crippen LogP contribution in [0, 0.1) is 29.1 Å². The third-order valence-electron chi connectivity index (χ3n) is 8.59. The van der Waals surface area contributed by atoms with Crippen LogP contribution in [0.15, 0.2) is 71.9 Å². The lowest BCUT2D eigenvalue weighted by molar-refractivity contribution is 0.0768. The summed E-state index contributed by atoms with van der Waals surface area (Å²) < 4.78 is 6.39. The summed E-state index contributed by atoms with van der Waals surface area (Å²) >= 11 is 0. The van der Waals surface area contributed by atoms with Crippen molar-refractivity contribution in [1.29, 1.82) is 0 Å². The van der Waals surface area contributed by atoms with E-state index in [2.05, 4.69) is 79.9 Å². The Bertz CT molecular complexity index is 869. The lowest BCUT2D eigenvalue weighted by Gasteiger charge is -2.38. The second-order valence-corrected chi connectivity index (χ2v) is 10.3. The highest BCUT2D eigenvalue weighted by Crippen LogP contribution is 2.59. The summed E-state index contributed by atoms with van der Waals surface area (Å²) in [6.07, 6.45) is 28.9. The van der Waals surface area contributed by atoms with Gasteiger partial charge in [-0.25, -0.2) is 0 Å². The Morgan fingerprint density at radius 1 is 1.03 bits per heavy atom. The summed E-state index contributed by atoms with van der Waals surface area (Å²) in [4.78, 5) is 0. The average molecular weight is 388 g/mol. The van der Waals surface area contributed by atoms with Gasteiger partial charge < -0.3 is 10.1 Å². The maximum atomic E-state index is 6.39. The van der Waals surface area contributed by atoms with Crippen molar-refractivity contribution >= 4 is 0 Å². The van der Waals surface area contributed by atoms with E-state index in [-0.39, 0.29) is 17.6 Å². The molecule has 8 unspecified atom stereocenters. The fraction of sp³-hybridized carbons (Fsp3) is 0.556. The van der Waals surface area contributed by atoms with Crippen molar-refractivity contribution in [3.63, 3.8) is 0 Å². The summed E-state index contributed by atoms with van der Waals surface area (Å²) in [5, 5.41) is 4.15. The first-order chi connectivity index (χ1) is 14.1. The molecule has 1 saturated heterocycles. The summed E-state index contributed by atoms with van der Waals surface area (Å²) in [6, 6.07) is 0.874. The molecule has 8 atom stereocenters. The number of hydrogen-bond acceptors (Lipinski definition) is 2. The molecule has 1 saturated carbocycles. The van der Waals surface area contributed by atoms with Crippen LogP contribution in [0.3, 0.4) is 0 Å². The molecule has 1 aliphatic heterocycles. The molecule has 0 aromatic heterocycles. The molecule has 0 amide bonds. The van der Waals surface area contributed by atoms with Crippen LogP contribution in [0.4, 0.5) is 0 Å². The molecule has 0 aromatic carbocycles. The number of fused-ring (bicyclic) bond motifs is 6. The summed E-state index contributed by atoms with van der Waals surface area (Å²) in [5.41, 5.74) is 3.66. The normalized spacial score (nSPS) is 45.9. The van der Waals surface area contributed by atoms with Gasteiger partial charge in [-0.05, 0) is 37.0 Å². The van der Waals surface area contributed by atoms with Crippen molar-refractivity contribution < 1.29 is 4.74 Å². The van der Waals surface area contributed by atoms with Gasteiger partial charge in [-0.15, -0.1) is 0 Å². The van der Waals surface area contributed by atoms with Gasteiger partial charge in [0, 0.05) is 29.8 Å². The Morgan fingerprint density at radius 2 is 1.93 bits per heavy atom. The van der Waals surface area contributed by atoms with Gasteiger partial charge in [-0.1, -0.05) is 85.8 Å². The molecule has 6 aliphatic rings. The lowest BCUT2D eigenvalue weighted by Crippen LogP contribution is -2.50. The Hall–Kier alpha value is -1.64. The molecule has 0 spiro atoms. The van der Waals surface area contributed by atoms with Crippen LogP contribution in [0.2, 0.25) is 0 Å². The van der Waals surface area contributed by atoms with Crippen molar-refractivity contribution in [3.05, 3.63) is 71.9 Å². The van der Waals surface area contributed by atoms with Gasteiger partial charge >= 0.3 is 0 Å². The quantitative estimate of drug-likeness (QED) is 0.651. The Balaban J connectivity index is 1.30. The fourth-order valence-electron chi connectivity index (χ4n) is 7.26. The van der Waals surface area contributed by atoms with Crippen LogP contribution in [-0.4, -0.2) is 24.3 Å². The Labute approximate surface area is 175 Å². The predicted octanol–water partition coefficient (Wildman–Crippen LogP) is 5.28. The minimum Gasteiger partial charge on any atom is -0.366 e.